The highest BCUT2D eigenvalue weighted by Gasteiger charge is 2.20. The zero-order chi connectivity index (χ0) is 13.8. The topological polar surface area (TPSA) is 46.1 Å². The van der Waals surface area contributed by atoms with E-state index in [0.29, 0.717) is 0 Å². The number of aromatic nitrogens is 1. The van der Waals surface area contributed by atoms with E-state index in [4.69, 9.17) is 0 Å². The number of rotatable bonds is 3. The van der Waals surface area contributed by atoms with E-state index in [-0.39, 0.29) is 11.9 Å². The molecule has 5 heteroatoms. The summed E-state index contributed by atoms with van der Waals surface area (Å²) in [5.74, 6) is 1.96. The molecule has 1 fully saturated rings. The van der Waals surface area contributed by atoms with Gasteiger partial charge in [-0.05, 0) is 30.3 Å². The first kappa shape index (κ1) is 13.3. The minimum Gasteiger partial charge on any atom is -0.325 e. The van der Waals surface area contributed by atoms with Gasteiger partial charge >= 0.3 is 0 Å². The van der Waals surface area contributed by atoms with Crippen molar-refractivity contribution in [3.05, 3.63) is 48.8 Å². The van der Waals surface area contributed by atoms with E-state index in [9.17, 15) is 4.79 Å². The average molecular weight is 287 g/mol. The van der Waals surface area contributed by atoms with Gasteiger partial charge in [0.15, 0.2) is 0 Å². The van der Waals surface area contributed by atoms with Crippen molar-refractivity contribution >= 4 is 23.4 Å². The Hall–Kier alpha value is -1.72. The molecule has 2 N–H and O–H groups in total. The van der Waals surface area contributed by atoms with E-state index in [2.05, 4.69) is 10.6 Å². The molecule has 0 radical (unpaired) electrons. The van der Waals surface area contributed by atoms with Gasteiger partial charge in [-0.2, -0.15) is 11.8 Å². The molecular weight excluding hydrogens is 270 g/mol. The fourth-order valence-electron chi connectivity index (χ4n) is 2.21. The summed E-state index contributed by atoms with van der Waals surface area (Å²) in [4.78, 5) is 12.2. The monoisotopic (exact) mass is 287 g/mol. The molecule has 1 atom stereocenters. The van der Waals surface area contributed by atoms with Crippen LogP contribution >= 0.6 is 11.8 Å². The fourth-order valence-corrected chi connectivity index (χ4v) is 3.15. The molecular formula is C15H17N3OS. The highest BCUT2D eigenvalue weighted by molar-refractivity contribution is 7.99. The Balaban J connectivity index is 1.71. The molecule has 1 saturated heterocycles. The van der Waals surface area contributed by atoms with Crippen molar-refractivity contribution in [1.82, 2.24) is 9.88 Å². The van der Waals surface area contributed by atoms with Crippen molar-refractivity contribution in [2.45, 2.75) is 6.04 Å². The van der Waals surface area contributed by atoms with Crippen LogP contribution in [0.2, 0.25) is 0 Å². The molecule has 1 aromatic heterocycles. The number of hydrogen-bond acceptors (Lipinski definition) is 3. The summed E-state index contributed by atoms with van der Waals surface area (Å²) >= 11 is 1.82. The standard InChI is InChI=1S/C15H17N3OS/c19-15(14-11-20-9-6-16-14)17-12-4-3-5-13(10-12)18-7-1-2-8-18/h1-5,7-8,10,14,16H,6,9,11H2,(H,17,19). The molecule has 1 unspecified atom stereocenters. The third-order valence-electron chi connectivity index (χ3n) is 3.25. The second-order valence-corrected chi connectivity index (χ2v) is 5.86. The van der Waals surface area contributed by atoms with Crippen molar-refractivity contribution in [1.29, 1.82) is 0 Å². The lowest BCUT2D eigenvalue weighted by atomic mass is 10.2. The molecule has 1 aliphatic heterocycles. The molecule has 4 nitrogen and oxygen atoms in total. The Kier molecular flexibility index (Phi) is 4.08. The van der Waals surface area contributed by atoms with Crippen molar-refractivity contribution in [3.63, 3.8) is 0 Å². The molecule has 3 rings (SSSR count). The van der Waals surface area contributed by atoms with Gasteiger partial charge in [0.05, 0.1) is 6.04 Å². The van der Waals surface area contributed by atoms with E-state index in [1.165, 1.54) is 0 Å². The number of amides is 1. The molecule has 1 amide bonds. The molecule has 2 heterocycles. The maximum atomic E-state index is 12.2. The largest absolute Gasteiger partial charge is 0.325 e. The number of hydrogen-bond donors (Lipinski definition) is 2. The Bertz CT molecular complexity index is 577. The first-order valence-electron chi connectivity index (χ1n) is 6.68. The lowest BCUT2D eigenvalue weighted by Crippen LogP contribution is -2.46. The van der Waals surface area contributed by atoms with Crippen LogP contribution in [0.1, 0.15) is 0 Å². The molecule has 104 valence electrons. The quantitative estimate of drug-likeness (QED) is 0.909. The normalized spacial score (nSPS) is 18.7. The van der Waals surface area contributed by atoms with Crippen LogP contribution < -0.4 is 10.6 Å². The van der Waals surface area contributed by atoms with E-state index >= 15 is 0 Å². The summed E-state index contributed by atoms with van der Waals surface area (Å²) in [5, 5.41) is 6.23. The lowest BCUT2D eigenvalue weighted by Gasteiger charge is -2.22. The summed E-state index contributed by atoms with van der Waals surface area (Å²) in [6.45, 7) is 0.895. The van der Waals surface area contributed by atoms with Crippen molar-refractivity contribution in [2.24, 2.45) is 0 Å². The zero-order valence-electron chi connectivity index (χ0n) is 11.1. The summed E-state index contributed by atoms with van der Waals surface area (Å²) in [7, 11) is 0. The maximum Gasteiger partial charge on any atom is 0.242 e. The number of carbonyl (C=O) groups is 1. The van der Waals surface area contributed by atoms with Crippen LogP contribution in [0.5, 0.6) is 0 Å². The second kappa shape index (κ2) is 6.15. The van der Waals surface area contributed by atoms with Gasteiger partial charge in [0, 0.05) is 41.8 Å². The van der Waals surface area contributed by atoms with Crippen LogP contribution in [-0.4, -0.2) is 34.6 Å². The molecule has 1 aromatic carbocycles. The zero-order valence-corrected chi connectivity index (χ0v) is 11.9. The van der Waals surface area contributed by atoms with Gasteiger partial charge in [-0.3, -0.25) is 4.79 Å². The van der Waals surface area contributed by atoms with Crippen LogP contribution in [-0.2, 0) is 4.79 Å². The maximum absolute atomic E-state index is 12.2. The first-order chi connectivity index (χ1) is 9.83. The van der Waals surface area contributed by atoms with Gasteiger partial charge in [-0.15, -0.1) is 0 Å². The van der Waals surface area contributed by atoms with Crippen molar-refractivity contribution < 1.29 is 4.79 Å². The van der Waals surface area contributed by atoms with Gasteiger partial charge < -0.3 is 15.2 Å². The third-order valence-corrected chi connectivity index (χ3v) is 4.32. The number of benzene rings is 1. The van der Waals surface area contributed by atoms with E-state index < -0.39 is 0 Å². The van der Waals surface area contributed by atoms with Crippen LogP contribution in [0, 0.1) is 0 Å². The number of nitrogens with one attached hydrogen (secondary N) is 2. The Labute approximate surface area is 122 Å². The van der Waals surface area contributed by atoms with E-state index in [1.807, 2.05) is 65.1 Å². The molecule has 0 aliphatic carbocycles. The van der Waals surface area contributed by atoms with Gasteiger partial charge in [0.1, 0.15) is 0 Å². The van der Waals surface area contributed by atoms with Gasteiger partial charge in [-0.1, -0.05) is 6.07 Å². The summed E-state index contributed by atoms with van der Waals surface area (Å²) in [6.07, 6.45) is 3.97. The molecule has 0 spiro atoms. The van der Waals surface area contributed by atoms with Crippen LogP contribution in [0.3, 0.4) is 0 Å². The smallest absolute Gasteiger partial charge is 0.242 e. The predicted molar refractivity (Wildman–Crippen MR) is 83.5 cm³/mol. The summed E-state index contributed by atoms with van der Waals surface area (Å²) in [5.41, 5.74) is 1.87. The SMILES string of the molecule is O=C(Nc1cccc(-n2cccc2)c1)C1CSCCN1. The molecule has 0 saturated carbocycles. The lowest BCUT2D eigenvalue weighted by molar-refractivity contribution is -0.117. The number of nitrogens with zero attached hydrogens (tertiary/aromatic N) is 1. The average Bonchev–Trinajstić information content (AvgIpc) is 3.03. The molecule has 0 bridgehead atoms. The van der Waals surface area contributed by atoms with Gasteiger partial charge in [0.25, 0.3) is 0 Å². The second-order valence-electron chi connectivity index (χ2n) is 4.71. The van der Waals surface area contributed by atoms with Crippen molar-refractivity contribution in [3.8, 4) is 5.69 Å². The minimum atomic E-state index is -0.0935. The highest BCUT2D eigenvalue weighted by Crippen LogP contribution is 2.16. The molecule has 1 aliphatic rings. The fraction of sp³-hybridized carbons (Fsp3) is 0.267. The van der Waals surface area contributed by atoms with Gasteiger partial charge in [-0.25, -0.2) is 0 Å². The van der Waals surface area contributed by atoms with Crippen LogP contribution in [0.15, 0.2) is 48.8 Å². The third kappa shape index (κ3) is 3.05. The van der Waals surface area contributed by atoms with E-state index in [1.54, 1.807) is 0 Å². The van der Waals surface area contributed by atoms with Crippen molar-refractivity contribution in [2.75, 3.05) is 23.4 Å². The van der Waals surface area contributed by atoms with Crippen LogP contribution in [0.25, 0.3) is 5.69 Å². The molecule has 20 heavy (non-hydrogen) atoms. The number of thioether (sulfide) groups is 1. The highest BCUT2D eigenvalue weighted by atomic mass is 32.2. The summed E-state index contributed by atoms with van der Waals surface area (Å²) in [6, 6.07) is 11.7. The molecule has 2 aromatic rings. The number of carbonyl (C=O) groups excluding carboxylic acids is 1. The Morgan fingerprint density at radius 3 is 2.90 bits per heavy atom. The van der Waals surface area contributed by atoms with E-state index in [0.717, 1.165) is 29.4 Å². The number of anilines is 1. The minimum absolute atomic E-state index is 0.0434. The first-order valence-corrected chi connectivity index (χ1v) is 7.84. The Morgan fingerprint density at radius 2 is 2.15 bits per heavy atom. The van der Waals surface area contributed by atoms with Crippen LogP contribution in [0.4, 0.5) is 5.69 Å². The van der Waals surface area contributed by atoms with Gasteiger partial charge in [0.2, 0.25) is 5.91 Å². The summed E-state index contributed by atoms with van der Waals surface area (Å²) < 4.78 is 2.02. The predicted octanol–water partition coefficient (Wildman–Crippen LogP) is 2.12. The Morgan fingerprint density at radius 1 is 1.30 bits per heavy atom.